The van der Waals surface area contributed by atoms with E-state index in [1.54, 1.807) is 12.2 Å². The second-order valence-corrected chi connectivity index (χ2v) is 3.68. The van der Waals surface area contributed by atoms with Crippen LogP contribution in [-0.2, 0) is 0 Å². The Kier molecular flexibility index (Phi) is 2.71. The highest BCUT2D eigenvalue weighted by atomic mass is 16.3. The normalized spacial score (nSPS) is 16.6. The van der Waals surface area contributed by atoms with Crippen LogP contribution in [0.4, 0.5) is 0 Å². The van der Waals surface area contributed by atoms with E-state index in [0.29, 0.717) is 0 Å². The molecule has 0 fully saturated rings. The molecule has 2 aromatic heterocycles. The smallest absolute Gasteiger partial charge is 0.138 e. The van der Waals surface area contributed by atoms with Crippen molar-refractivity contribution in [1.29, 1.82) is 0 Å². The fourth-order valence-electron chi connectivity index (χ4n) is 1.94. The van der Waals surface area contributed by atoms with E-state index in [-0.39, 0.29) is 5.76 Å². The second kappa shape index (κ2) is 4.05. The maximum Gasteiger partial charge on any atom is 0.138 e. The van der Waals surface area contributed by atoms with Crippen molar-refractivity contribution in [2.24, 2.45) is 0 Å². The third-order valence-electron chi connectivity index (χ3n) is 2.78. The van der Waals surface area contributed by atoms with Crippen molar-refractivity contribution in [3.63, 3.8) is 0 Å². The van der Waals surface area contributed by atoms with Crippen LogP contribution in [0.15, 0.2) is 30.6 Å². The van der Waals surface area contributed by atoms with Gasteiger partial charge in [-0.3, -0.25) is 0 Å². The highest BCUT2D eigenvalue weighted by Gasteiger charge is 2.23. The second-order valence-electron chi connectivity index (χ2n) is 3.68. The Hall–Kier alpha value is -2.10. The molecule has 1 N–H and O–H groups in total. The average molecular weight is 231 g/mol. The van der Waals surface area contributed by atoms with Gasteiger partial charge < -0.3 is 5.11 Å². The summed E-state index contributed by atoms with van der Waals surface area (Å²) >= 11 is 0. The summed E-state index contributed by atoms with van der Waals surface area (Å²) in [7, 11) is 0. The van der Waals surface area contributed by atoms with E-state index in [2.05, 4.69) is 6.58 Å². The first-order chi connectivity index (χ1) is 8.21. The quantitative estimate of drug-likeness (QED) is 0.628. The minimum absolute atomic E-state index is 0.273. The number of fused-ring (bicyclic) bond motifs is 1. The predicted molar refractivity (Wildman–Crippen MR) is 70.4 cm³/mol. The molecule has 4 nitrogen and oxygen atoms in total. The topological polar surface area (TPSA) is 34.0 Å². The largest absolute Gasteiger partial charge is 0.506 e. The summed E-state index contributed by atoms with van der Waals surface area (Å²) in [5.74, 6) is 0.273. The lowest BCUT2D eigenvalue weighted by molar-refractivity contribution is 0.431. The molecular formula is C13H17N3O. The van der Waals surface area contributed by atoms with Gasteiger partial charge in [0.2, 0.25) is 0 Å². The van der Waals surface area contributed by atoms with Crippen LogP contribution in [0.3, 0.4) is 0 Å². The number of hydrogen-bond acceptors (Lipinski definition) is 1. The van der Waals surface area contributed by atoms with Gasteiger partial charge in [-0.15, -0.1) is 14.1 Å². The SMILES string of the molecule is C=C/C=c1\c(=C/C)n2n(C(=C/C)/C(O)=C\C)n12. The third kappa shape index (κ3) is 1.45. The van der Waals surface area contributed by atoms with Gasteiger partial charge in [-0.1, -0.05) is 24.8 Å². The van der Waals surface area contributed by atoms with Crippen molar-refractivity contribution in [2.75, 3.05) is 0 Å². The molecule has 0 aromatic carbocycles. The van der Waals surface area contributed by atoms with E-state index in [9.17, 15) is 5.11 Å². The van der Waals surface area contributed by atoms with Gasteiger partial charge in [-0.2, -0.15) is 0 Å². The van der Waals surface area contributed by atoms with Crippen LogP contribution in [0, 0.1) is 0 Å². The molecule has 0 aliphatic carbocycles. The predicted octanol–water partition coefficient (Wildman–Crippen LogP) is 1.37. The molecule has 90 valence electrons. The number of aliphatic hydroxyl groups is 1. The Morgan fingerprint density at radius 2 is 1.76 bits per heavy atom. The molecule has 0 bridgehead atoms. The van der Waals surface area contributed by atoms with E-state index in [1.807, 2.05) is 53.1 Å². The van der Waals surface area contributed by atoms with Gasteiger partial charge in [0.25, 0.3) is 0 Å². The van der Waals surface area contributed by atoms with E-state index in [4.69, 9.17) is 0 Å². The summed E-state index contributed by atoms with van der Waals surface area (Å²) in [5.41, 5.74) is 0.777. The summed E-state index contributed by atoms with van der Waals surface area (Å²) < 4.78 is 3.97. The van der Waals surface area contributed by atoms with Crippen LogP contribution >= 0.6 is 0 Å². The van der Waals surface area contributed by atoms with E-state index >= 15 is 0 Å². The van der Waals surface area contributed by atoms with Crippen molar-refractivity contribution >= 4 is 17.8 Å². The van der Waals surface area contributed by atoms with E-state index in [1.165, 1.54) is 0 Å². The molecule has 0 amide bonds. The molecule has 4 heteroatoms. The van der Waals surface area contributed by atoms with Gasteiger partial charge in [-0.05, 0) is 32.9 Å². The zero-order valence-electron chi connectivity index (χ0n) is 10.4. The van der Waals surface area contributed by atoms with Crippen LogP contribution in [0.1, 0.15) is 20.8 Å². The van der Waals surface area contributed by atoms with E-state index < -0.39 is 0 Å². The Bertz CT molecular complexity index is 703. The van der Waals surface area contributed by atoms with Gasteiger partial charge in [-0.25, -0.2) is 0 Å². The Balaban J connectivity index is 2.62. The zero-order valence-corrected chi connectivity index (χ0v) is 10.4. The standard InChI is InChI=1S/C13H17N3O/c1-5-9-12-10(6-2)14-15(16(12)14)11(7-3)13(17)8-4/h5-9,17H,1H2,2-4H3/b10-6+,11-7+,12-9+,13-8+. The summed E-state index contributed by atoms with van der Waals surface area (Å²) in [5, 5.41) is 12.0. The molecule has 0 saturated heterocycles. The molecule has 2 rings (SSSR count). The molecular weight excluding hydrogens is 214 g/mol. The number of aliphatic hydroxyl groups excluding tert-OH is 1. The van der Waals surface area contributed by atoms with Crippen molar-refractivity contribution in [1.82, 2.24) is 14.1 Å². The number of hydrogen-bond donors (Lipinski definition) is 1. The Morgan fingerprint density at radius 3 is 2.24 bits per heavy atom. The van der Waals surface area contributed by atoms with Crippen LogP contribution in [0.5, 0.6) is 0 Å². The first-order valence-corrected chi connectivity index (χ1v) is 5.62. The van der Waals surface area contributed by atoms with Gasteiger partial charge in [0.05, 0.1) is 0 Å². The molecule has 0 spiro atoms. The molecule has 0 aliphatic heterocycles. The average Bonchev–Trinajstić information content (AvgIpc) is 2.96. The Labute approximate surface area is 99.7 Å². The highest BCUT2D eigenvalue weighted by molar-refractivity contribution is 5.60. The fourth-order valence-corrected chi connectivity index (χ4v) is 1.94. The number of nitrogens with zero attached hydrogens (tertiary/aromatic N) is 3. The highest BCUT2D eigenvalue weighted by Crippen LogP contribution is 2.14. The monoisotopic (exact) mass is 231 g/mol. The van der Waals surface area contributed by atoms with Gasteiger partial charge in [0.15, 0.2) is 0 Å². The van der Waals surface area contributed by atoms with Crippen molar-refractivity contribution in [2.45, 2.75) is 20.8 Å². The molecule has 0 unspecified atom stereocenters. The minimum atomic E-state index is 0.273. The maximum atomic E-state index is 9.81. The minimum Gasteiger partial charge on any atom is -0.506 e. The number of aromatic nitrogens is 3. The lowest BCUT2D eigenvalue weighted by Crippen LogP contribution is -2.39. The van der Waals surface area contributed by atoms with Crippen molar-refractivity contribution in [3.05, 3.63) is 41.3 Å². The summed E-state index contributed by atoms with van der Waals surface area (Å²) in [6.07, 6.45) is 9.31. The molecule has 17 heavy (non-hydrogen) atoms. The molecule has 2 aromatic rings. The fraction of sp³-hybridized carbons (Fsp3) is 0.231. The lowest BCUT2D eigenvalue weighted by Gasteiger charge is -1.97. The Morgan fingerprint density at radius 1 is 1.12 bits per heavy atom. The lowest BCUT2D eigenvalue weighted by atomic mass is 10.3. The third-order valence-corrected chi connectivity index (χ3v) is 2.78. The number of allylic oxidation sites excluding steroid dienone is 4. The number of rotatable bonds is 3. The summed E-state index contributed by atoms with van der Waals surface area (Å²) in [4.78, 5) is 1.92. The van der Waals surface area contributed by atoms with Gasteiger partial charge >= 0.3 is 0 Å². The van der Waals surface area contributed by atoms with Crippen molar-refractivity contribution in [3.8, 4) is 0 Å². The molecule has 0 atom stereocenters. The van der Waals surface area contributed by atoms with Crippen molar-refractivity contribution < 1.29 is 5.11 Å². The van der Waals surface area contributed by atoms with Crippen LogP contribution in [0.2, 0.25) is 0 Å². The first kappa shape index (κ1) is 11.4. The summed E-state index contributed by atoms with van der Waals surface area (Å²) in [6, 6.07) is 0. The molecule has 2 heterocycles. The van der Waals surface area contributed by atoms with Crippen LogP contribution in [-0.4, -0.2) is 19.2 Å². The molecule has 0 radical (unpaired) electrons. The molecule has 0 saturated carbocycles. The maximum absolute atomic E-state index is 9.81. The van der Waals surface area contributed by atoms with Gasteiger partial charge in [0.1, 0.15) is 22.2 Å². The zero-order chi connectivity index (χ0) is 12.6. The van der Waals surface area contributed by atoms with Crippen LogP contribution < -0.4 is 10.7 Å². The van der Waals surface area contributed by atoms with Gasteiger partial charge in [0, 0.05) is 0 Å². The van der Waals surface area contributed by atoms with E-state index in [0.717, 1.165) is 16.4 Å². The first-order valence-electron chi connectivity index (χ1n) is 5.62. The van der Waals surface area contributed by atoms with Crippen LogP contribution in [0.25, 0.3) is 17.8 Å². The molecule has 0 aliphatic rings. The summed E-state index contributed by atoms with van der Waals surface area (Å²) in [6.45, 7) is 9.41.